The van der Waals surface area contributed by atoms with Crippen LogP contribution in [0, 0.1) is 0 Å². The Balaban J connectivity index is 2.44. The molecule has 3 N–H and O–H groups in total. The minimum absolute atomic E-state index is 0.0984. The fraction of sp³-hybridized carbons (Fsp3) is 0.800. The van der Waals surface area contributed by atoms with E-state index in [1.165, 1.54) is 0 Å². The van der Waals surface area contributed by atoms with E-state index in [0.29, 0.717) is 0 Å². The molecule has 0 bridgehead atoms. The van der Waals surface area contributed by atoms with Crippen LogP contribution in [-0.4, -0.2) is 35.5 Å². The number of rotatable bonds is 3. The quantitative estimate of drug-likeness (QED) is 0.714. The summed E-state index contributed by atoms with van der Waals surface area (Å²) in [7, 11) is 0. The molecule has 0 aromatic carbocycles. The molecule has 1 rings (SSSR count). The van der Waals surface area contributed by atoms with Gasteiger partial charge in [-0.2, -0.15) is 0 Å². The van der Waals surface area contributed by atoms with Crippen molar-refractivity contribution in [1.29, 1.82) is 0 Å². The fourth-order valence-electron chi connectivity index (χ4n) is 1.77. The molecule has 0 spiro atoms. The Morgan fingerprint density at radius 3 is 2.33 bits per heavy atom. The number of nitrogens with two attached hydrogens (primary N) is 1. The molecule has 0 saturated carbocycles. The molecule has 1 heterocycles. The van der Waals surface area contributed by atoms with E-state index < -0.39 is 11.4 Å². The van der Waals surface area contributed by atoms with E-state index in [4.69, 9.17) is 5.73 Å². The number of carbonyl (C=O) groups excluding carboxylic acids is 2. The van der Waals surface area contributed by atoms with Crippen LogP contribution in [0.25, 0.3) is 0 Å². The molecule has 1 saturated heterocycles. The predicted molar refractivity (Wildman–Crippen MR) is 57.2 cm³/mol. The number of primary amides is 1. The zero-order valence-electron chi connectivity index (χ0n) is 9.38. The topological polar surface area (TPSA) is 75.4 Å². The van der Waals surface area contributed by atoms with Gasteiger partial charge in [-0.3, -0.25) is 4.79 Å². The van der Waals surface area contributed by atoms with Gasteiger partial charge < -0.3 is 16.0 Å². The van der Waals surface area contributed by atoms with Crippen molar-refractivity contribution in [3.63, 3.8) is 0 Å². The van der Waals surface area contributed by atoms with Crippen molar-refractivity contribution in [3.05, 3.63) is 0 Å². The molecular formula is C10H19N3O2. The van der Waals surface area contributed by atoms with E-state index >= 15 is 0 Å². The maximum absolute atomic E-state index is 11.7. The predicted octanol–water partition coefficient (Wildman–Crippen LogP) is 0.446. The highest BCUT2D eigenvalue weighted by atomic mass is 16.2. The molecule has 0 aromatic rings. The number of carbonyl (C=O) groups is 2. The Bertz CT molecular complexity index is 257. The van der Waals surface area contributed by atoms with Gasteiger partial charge in [0.25, 0.3) is 0 Å². The first-order valence-electron chi connectivity index (χ1n) is 5.26. The van der Waals surface area contributed by atoms with Crippen molar-refractivity contribution in [2.75, 3.05) is 13.1 Å². The Labute approximate surface area is 90.0 Å². The van der Waals surface area contributed by atoms with Gasteiger partial charge in [-0.15, -0.1) is 0 Å². The van der Waals surface area contributed by atoms with E-state index in [2.05, 4.69) is 5.32 Å². The van der Waals surface area contributed by atoms with Crippen molar-refractivity contribution in [2.45, 2.75) is 38.6 Å². The summed E-state index contributed by atoms with van der Waals surface area (Å²) in [4.78, 5) is 24.2. The third-order valence-electron chi connectivity index (χ3n) is 2.45. The number of hydrogen-bond acceptors (Lipinski definition) is 2. The minimum atomic E-state index is -0.564. The zero-order chi connectivity index (χ0) is 11.5. The van der Waals surface area contributed by atoms with Crippen LogP contribution in [0.4, 0.5) is 4.79 Å². The molecule has 86 valence electrons. The lowest BCUT2D eigenvalue weighted by atomic mass is 10.0. The SMILES string of the molecule is CC(C)(CC(N)=O)NC(=O)N1CCCC1. The van der Waals surface area contributed by atoms with Crippen LogP contribution in [0.3, 0.4) is 0 Å². The van der Waals surface area contributed by atoms with E-state index in [-0.39, 0.29) is 12.5 Å². The van der Waals surface area contributed by atoms with Crippen LogP contribution in [0.2, 0.25) is 0 Å². The van der Waals surface area contributed by atoms with Gasteiger partial charge in [0, 0.05) is 25.0 Å². The van der Waals surface area contributed by atoms with E-state index in [1.807, 2.05) is 0 Å². The second kappa shape index (κ2) is 4.51. The standard InChI is InChI=1S/C10H19N3O2/c1-10(2,7-8(11)14)12-9(15)13-5-3-4-6-13/h3-7H2,1-2H3,(H2,11,14)(H,12,15). The second-order valence-corrected chi connectivity index (χ2v) is 4.65. The lowest BCUT2D eigenvalue weighted by Crippen LogP contribution is -2.50. The van der Waals surface area contributed by atoms with Crippen molar-refractivity contribution in [2.24, 2.45) is 5.73 Å². The van der Waals surface area contributed by atoms with Crippen molar-refractivity contribution < 1.29 is 9.59 Å². The summed E-state index contributed by atoms with van der Waals surface area (Å²) in [5.41, 5.74) is 4.54. The molecular weight excluding hydrogens is 194 g/mol. The molecule has 0 unspecified atom stereocenters. The molecule has 0 atom stereocenters. The third-order valence-corrected chi connectivity index (χ3v) is 2.45. The molecule has 0 radical (unpaired) electrons. The van der Waals surface area contributed by atoms with Crippen LogP contribution in [0.5, 0.6) is 0 Å². The van der Waals surface area contributed by atoms with Gasteiger partial charge in [0.15, 0.2) is 0 Å². The van der Waals surface area contributed by atoms with Crippen LogP contribution in [0.1, 0.15) is 33.1 Å². The van der Waals surface area contributed by atoms with Crippen LogP contribution < -0.4 is 11.1 Å². The van der Waals surface area contributed by atoms with Gasteiger partial charge >= 0.3 is 6.03 Å². The molecule has 0 aromatic heterocycles. The van der Waals surface area contributed by atoms with Crippen molar-refractivity contribution >= 4 is 11.9 Å². The smallest absolute Gasteiger partial charge is 0.317 e. The van der Waals surface area contributed by atoms with Crippen LogP contribution in [0.15, 0.2) is 0 Å². The Morgan fingerprint density at radius 1 is 1.33 bits per heavy atom. The van der Waals surface area contributed by atoms with Gasteiger partial charge in [0.1, 0.15) is 0 Å². The number of hydrogen-bond donors (Lipinski definition) is 2. The van der Waals surface area contributed by atoms with E-state index in [9.17, 15) is 9.59 Å². The van der Waals surface area contributed by atoms with Crippen molar-refractivity contribution in [1.82, 2.24) is 10.2 Å². The Kier molecular flexibility index (Phi) is 3.55. The largest absolute Gasteiger partial charge is 0.370 e. The number of likely N-dealkylation sites (tertiary alicyclic amines) is 1. The lowest BCUT2D eigenvalue weighted by Gasteiger charge is -2.28. The Hall–Kier alpha value is -1.26. The highest BCUT2D eigenvalue weighted by Gasteiger charge is 2.26. The molecule has 5 heteroatoms. The summed E-state index contributed by atoms with van der Waals surface area (Å²) >= 11 is 0. The maximum Gasteiger partial charge on any atom is 0.317 e. The van der Waals surface area contributed by atoms with Gasteiger partial charge in [0.2, 0.25) is 5.91 Å². The minimum Gasteiger partial charge on any atom is -0.370 e. The van der Waals surface area contributed by atoms with Crippen LogP contribution >= 0.6 is 0 Å². The maximum atomic E-state index is 11.7. The molecule has 15 heavy (non-hydrogen) atoms. The summed E-state index contributed by atoms with van der Waals surface area (Å²) < 4.78 is 0. The molecule has 1 fully saturated rings. The summed E-state index contributed by atoms with van der Waals surface area (Å²) in [6.45, 7) is 5.20. The molecule has 0 aliphatic carbocycles. The third kappa shape index (κ3) is 3.77. The normalized spacial score (nSPS) is 16.5. The molecule has 3 amide bonds. The van der Waals surface area contributed by atoms with Gasteiger partial charge in [-0.25, -0.2) is 4.79 Å². The zero-order valence-corrected chi connectivity index (χ0v) is 9.38. The second-order valence-electron chi connectivity index (χ2n) is 4.65. The fourth-order valence-corrected chi connectivity index (χ4v) is 1.77. The first kappa shape index (κ1) is 11.8. The number of nitrogens with one attached hydrogen (secondary N) is 1. The first-order valence-corrected chi connectivity index (χ1v) is 5.26. The van der Waals surface area contributed by atoms with E-state index in [0.717, 1.165) is 25.9 Å². The number of nitrogens with zero attached hydrogens (tertiary/aromatic N) is 1. The molecule has 5 nitrogen and oxygen atoms in total. The number of urea groups is 1. The highest BCUT2D eigenvalue weighted by Crippen LogP contribution is 2.12. The summed E-state index contributed by atoms with van der Waals surface area (Å²) in [6, 6.07) is -0.0984. The first-order chi connectivity index (χ1) is 6.91. The number of amides is 3. The van der Waals surface area contributed by atoms with E-state index in [1.54, 1.807) is 18.7 Å². The van der Waals surface area contributed by atoms with Gasteiger partial charge in [-0.1, -0.05) is 0 Å². The average Bonchev–Trinajstić information content (AvgIpc) is 2.50. The van der Waals surface area contributed by atoms with Crippen LogP contribution in [-0.2, 0) is 4.79 Å². The summed E-state index contributed by atoms with van der Waals surface area (Å²) in [6.07, 6.45) is 2.28. The van der Waals surface area contributed by atoms with Gasteiger partial charge in [-0.05, 0) is 26.7 Å². The monoisotopic (exact) mass is 213 g/mol. The van der Waals surface area contributed by atoms with Crippen molar-refractivity contribution in [3.8, 4) is 0 Å². The average molecular weight is 213 g/mol. The summed E-state index contributed by atoms with van der Waals surface area (Å²) in [5.74, 6) is -0.401. The molecule has 1 aliphatic heterocycles. The highest BCUT2D eigenvalue weighted by molar-refractivity contribution is 5.78. The van der Waals surface area contributed by atoms with Gasteiger partial charge in [0.05, 0.1) is 0 Å². The Morgan fingerprint density at radius 2 is 1.87 bits per heavy atom. The lowest BCUT2D eigenvalue weighted by molar-refractivity contribution is -0.119. The summed E-state index contributed by atoms with van der Waals surface area (Å²) in [5, 5.41) is 2.82. The molecule has 1 aliphatic rings.